The van der Waals surface area contributed by atoms with Gasteiger partial charge in [-0.05, 0) is 24.6 Å². The number of hydrogen-bond acceptors (Lipinski definition) is 3. The number of urea groups is 1. The second-order valence-corrected chi connectivity index (χ2v) is 7.49. The van der Waals surface area contributed by atoms with Gasteiger partial charge in [-0.15, -0.1) is 0 Å². The van der Waals surface area contributed by atoms with Crippen molar-refractivity contribution >= 4 is 23.5 Å². The summed E-state index contributed by atoms with van der Waals surface area (Å²) in [5.74, 6) is -2.30. The van der Waals surface area contributed by atoms with Crippen molar-refractivity contribution in [3.63, 3.8) is 0 Å². The number of hydrogen-bond donors (Lipinski definition) is 2. The molecule has 1 unspecified atom stereocenters. The van der Waals surface area contributed by atoms with Gasteiger partial charge in [-0.1, -0.05) is 17.7 Å². The van der Waals surface area contributed by atoms with Gasteiger partial charge in [0.25, 0.3) is 0 Å². The fourth-order valence-electron chi connectivity index (χ4n) is 3.77. The molecule has 1 aromatic heterocycles. The molecule has 3 N–H and O–H groups in total. The third-order valence-electron chi connectivity index (χ3n) is 5.07. The smallest absolute Gasteiger partial charge is 0.352 e. The van der Waals surface area contributed by atoms with Gasteiger partial charge in [0, 0.05) is 30.8 Å². The topological polar surface area (TPSA) is 93.2 Å². The molecule has 2 atom stereocenters. The van der Waals surface area contributed by atoms with E-state index in [-0.39, 0.29) is 23.7 Å². The predicted molar refractivity (Wildman–Crippen MR) is 99.2 cm³/mol. The fourth-order valence-corrected chi connectivity index (χ4v) is 3.96. The van der Waals surface area contributed by atoms with Crippen molar-refractivity contribution in [2.45, 2.75) is 31.1 Å². The molecule has 3 rings (SSSR count). The van der Waals surface area contributed by atoms with Gasteiger partial charge in [0.1, 0.15) is 17.9 Å². The van der Waals surface area contributed by atoms with Crippen LogP contribution in [0.2, 0.25) is 5.02 Å². The molecule has 1 aliphatic heterocycles. The molecule has 30 heavy (non-hydrogen) atoms. The Kier molecular flexibility index (Phi) is 5.68. The number of piperazine rings is 1. The molecule has 1 saturated heterocycles. The molecule has 0 aliphatic carbocycles. The highest BCUT2D eigenvalue weighted by Gasteiger charge is 2.51. The third kappa shape index (κ3) is 4.07. The van der Waals surface area contributed by atoms with Crippen LogP contribution in [-0.4, -0.2) is 51.4 Å². The van der Waals surface area contributed by atoms with Crippen molar-refractivity contribution in [1.29, 1.82) is 0 Å². The van der Waals surface area contributed by atoms with Crippen molar-refractivity contribution in [3.05, 3.63) is 52.6 Å². The van der Waals surface area contributed by atoms with E-state index in [0.29, 0.717) is 10.2 Å². The van der Waals surface area contributed by atoms with E-state index in [4.69, 9.17) is 17.3 Å². The lowest BCUT2D eigenvalue weighted by atomic mass is 9.74. The van der Waals surface area contributed by atoms with Crippen LogP contribution in [-0.2, 0) is 11.3 Å². The van der Waals surface area contributed by atoms with Crippen LogP contribution in [0.4, 0.5) is 22.4 Å². The fraction of sp³-hybridized carbons (Fsp3) is 0.389. The molecule has 7 nitrogen and oxygen atoms in total. The molecular formula is C18H18ClF4N5O2. The van der Waals surface area contributed by atoms with Gasteiger partial charge in [-0.3, -0.25) is 9.48 Å². The molecule has 0 bridgehead atoms. The Morgan fingerprint density at radius 2 is 2.10 bits per heavy atom. The summed E-state index contributed by atoms with van der Waals surface area (Å²) in [7, 11) is 0. The number of carbonyl (C=O) groups excluding carboxylic acids is 2. The molecule has 1 fully saturated rings. The lowest BCUT2D eigenvalue weighted by Gasteiger charge is -2.47. The molecule has 2 aromatic rings. The SMILES string of the molecule is CC1([C@H](c2ccc(F)c(Cl)c2)c2cnn(CC(F)(F)F)c2)C(=O)NCCN1C(N)=O. The normalized spacial score (nSPS) is 20.7. The Bertz CT molecular complexity index is 980. The second kappa shape index (κ2) is 7.78. The predicted octanol–water partition coefficient (Wildman–Crippen LogP) is 2.64. The van der Waals surface area contributed by atoms with E-state index in [1.165, 1.54) is 25.3 Å². The van der Waals surface area contributed by atoms with Crippen LogP contribution in [0.15, 0.2) is 30.6 Å². The highest BCUT2D eigenvalue weighted by Crippen LogP contribution is 2.41. The summed E-state index contributed by atoms with van der Waals surface area (Å²) < 4.78 is 52.7. The summed E-state index contributed by atoms with van der Waals surface area (Å²) in [5.41, 5.74) is 4.37. The van der Waals surface area contributed by atoms with Crippen molar-refractivity contribution in [2.75, 3.05) is 13.1 Å². The zero-order chi connectivity index (χ0) is 22.3. The summed E-state index contributed by atoms with van der Waals surface area (Å²) in [4.78, 5) is 26.2. The van der Waals surface area contributed by atoms with Crippen LogP contribution in [0.3, 0.4) is 0 Å². The van der Waals surface area contributed by atoms with Crippen molar-refractivity contribution in [1.82, 2.24) is 20.0 Å². The van der Waals surface area contributed by atoms with E-state index in [1.54, 1.807) is 0 Å². The lowest BCUT2D eigenvalue weighted by molar-refractivity contribution is -0.142. The van der Waals surface area contributed by atoms with Gasteiger partial charge in [-0.2, -0.15) is 18.3 Å². The number of aromatic nitrogens is 2. The number of benzene rings is 1. The van der Waals surface area contributed by atoms with Crippen LogP contribution in [0.25, 0.3) is 0 Å². The van der Waals surface area contributed by atoms with Gasteiger partial charge in [0.05, 0.1) is 11.2 Å². The maximum atomic E-state index is 13.7. The summed E-state index contributed by atoms with van der Waals surface area (Å²) in [5, 5.41) is 6.13. The number of nitrogens with zero attached hydrogens (tertiary/aromatic N) is 3. The van der Waals surface area contributed by atoms with E-state index in [9.17, 15) is 27.2 Å². The first-order valence-corrected chi connectivity index (χ1v) is 9.20. The van der Waals surface area contributed by atoms with Crippen molar-refractivity contribution in [2.24, 2.45) is 5.73 Å². The number of carbonyl (C=O) groups is 2. The molecule has 0 radical (unpaired) electrons. The summed E-state index contributed by atoms with van der Waals surface area (Å²) in [6, 6.07) is 2.80. The minimum absolute atomic E-state index is 0.0830. The summed E-state index contributed by atoms with van der Waals surface area (Å²) in [6.45, 7) is 0.336. The molecule has 12 heteroatoms. The number of nitrogens with one attached hydrogen (secondary N) is 1. The minimum atomic E-state index is -4.51. The second-order valence-electron chi connectivity index (χ2n) is 7.09. The van der Waals surface area contributed by atoms with E-state index in [1.807, 2.05) is 0 Å². The summed E-state index contributed by atoms with van der Waals surface area (Å²) >= 11 is 5.91. The Morgan fingerprint density at radius 1 is 1.40 bits per heavy atom. The molecule has 2 heterocycles. The maximum absolute atomic E-state index is 13.7. The van der Waals surface area contributed by atoms with Gasteiger partial charge in [-0.25, -0.2) is 9.18 Å². The zero-order valence-corrected chi connectivity index (χ0v) is 16.5. The minimum Gasteiger partial charge on any atom is -0.352 e. The first-order chi connectivity index (χ1) is 13.9. The monoisotopic (exact) mass is 447 g/mol. The molecule has 1 aromatic carbocycles. The third-order valence-corrected chi connectivity index (χ3v) is 5.36. The van der Waals surface area contributed by atoms with Crippen LogP contribution in [0.5, 0.6) is 0 Å². The van der Waals surface area contributed by atoms with E-state index >= 15 is 0 Å². The average Bonchev–Trinajstić information content (AvgIpc) is 3.06. The van der Waals surface area contributed by atoms with Gasteiger partial charge >= 0.3 is 12.2 Å². The van der Waals surface area contributed by atoms with E-state index in [2.05, 4.69) is 10.4 Å². The number of primary amides is 1. The number of halogens is 5. The quantitative estimate of drug-likeness (QED) is 0.706. The number of amides is 3. The Hall–Kier alpha value is -2.82. The lowest BCUT2D eigenvalue weighted by Crippen LogP contribution is -2.68. The number of alkyl halides is 3. The molecule has 0 saturated carbocycles. The maximum Gasteiger partial charge on any atom is 0.408 e. The van der Waals surface area contributed by atoms with Gasteiger partial charge in [0.15, 0.2) is 0 Å². The van der Waals surface area contributed by atoms with Crippen LogP contribution in [0, 0.1) is 5.82 Å². The summed E-state index contributed by atoms with van der Waals surface area (Å²) in [6.07, 6.45) is -2.22. The van der Waals surface area contributed by atoms with Crippen molar-refractivity contribution in [3.8, 4) is 0 Å². The first kappa shape index (κ1) is 21.9. The standard InChI is InChI=1S/C18H18ClF4N5O2/c1-17(15(29)25-4-5-28(17)16(24)30)14(10-2-3-13(20)12(19)6-10)11-7-26-27(8-11)9-18(21,22)23/h2-3,6-8,14H,4-5,9H2,1H3,(H2,24,30)(H,25,29)/t14-,17?/m1/s1. The largest absolute Gasteiger partial charge is 0.408 e. The van der Waals surface area contributed by atoms with Gasteiger partial charge in [0.2, 0.25) is 5.91 Å². The molecule has 0 spiro atoms. The number of nitrogens with two attached hydrogens (primary N) is 1. The number of rotatable bonds is 4. The Labute approximate surface area is 173 Å². The Balaban J connectivity index is 2.18. The first-order valence-electron chi connectivity index (χ1n) is 8.83. The highest BCUT2D eigenvalue weighted by molar-refractivity contribution is 6.30. The highest BCUT2D eigenvalue weighted by atomic mass is 35.5. The van der Waals surface area contributed by atoms with Crippen LogP contribution < -0.4 is 11.1 Å². The Morgan fingerprint density at radius 3 is 2.70 bits per heavy atom. The average molecular weight is 448 g/mol. The van der Waals surface area contributed by atoms with Crippen molar-refractivity contribution < 1.29 is 27.2 Å². The molecule has 1 aliphatic rings. The molecule has 3 amide bonds. The van der Waals surface area contributed by atoms with Crippen LogP contribution >= 0.6 is 11.6 Å². The van der Waals surface area contributed by atoms with Gasteiger partial charge < -0.3 is 16.0 Å². The van der Waals surface area contributed by atoms with E-state index < -0.39 is 41.9 Å². The zero-order valence-electron chi connectivity index (χ0n) is 15.7. The molecule has 162 valence electrons. The van der Waals surface area contributed by atoms with E-state index in [0.717, 1.165) is 17.2 Å². The molecular weight excluding hydrogens is 430 g/mol. The van der Waals surface area contributed by atoms with Crippen LogP contribution in [0.1, 0.15) is 24.0 Å².